The first-order chi connectivity index (χ1) is 10.5. The van der Waals surface area contributed by atoms with Crippen molar-refractivity contribution in [2.75, 3.05) is 0 Å². The normalized spacial score (nSPS) is 41.8. The molecule has 0 aromatic heterocycles. The molecular weight excluding hydrogens is 278 g/mol. The summed E-state index contributed by atoms with van der Waals surface area (Å²) in [4.78, 5) is 0. The number of oxime groups is 1. The van der Waals surface area contributed by atoms with E-state index >= 15 is 0 Å². The first kappa shape index (κ1) is 14.1. The monoisotopic (exact) mass is 301 g/mol. The van der Waals surface area contributed by atoms with Crippen LogP contribution in [0.15, 0.2) is 23.4 Å². The van der Waals surface area contributed by atoms with Crippen LogP contribution in [0.4, 0.5) is 0 Å². The van der Waals surface area contributed by atoms with Gasteiger partial charge in [0.05, 0.1) is 5.71 Å². The lowest BCUT2D eigenvalue weighted by molar-refractivity contribution is -0.0121. The van der Waals surface area contributed by atoms with Crippen molar-refractivity contribution in [3.05, 3.63) is 29.3 Å². The highest BCUT2D eigenvalue weighted by molar-refractivity contribution is 5.91. The Balaban J connectivity index is 1.72. The van der Waals surface area contributed by atoms with Crippen LogP contribution in [0.1, 0.15) is 49.7 Å². The zero-order valence-corrected chi connectivity index (χ0v) is 12.9. The van der Waals surface area contributed by atoms with Crippen molar-refractivity contribution < 1.29 is 15.4 Å². The van der Waals surface area contributed by atoms with Crippen LogP contribution in [0.2, 0.25) is 0 Å². The number of rotatable bonds is 0. The van der Waals surface area contributed by atoms with E-state index in [-0.39, 0.29) is 5.41 Å². The lowest BCUT2D eigenvalue weighted by Crippen LogP contribution is -2.44. The van der Waals surface area contributed by atoms with Crippen molar-refractivity contribution in [1.29, 1.82) is 0 Å². The Labute approximate surface area is 130 Å². The van der Waals surface area contributed by atoms with Gasteiger partial charge in [-0.2, -0.15) is 0 Å². The quantitative estimate of drug-likeness (QED) is 0.509. The summed E-state index contributed by atoms with van der Waals surface area (Å²) < 4.78 is 0. The molecule has 2 saturated carbocycles. The van der Waals surface area contributed by atoms with Crippen LogP contribution in [0.5, 0.6) is 5.75 Å². The maximum atomic E-state index is 10.5. The topological polar surface area (TPSA) is 73.1 Å². The van der Waals surface area contributed by atoms with E-state index in [4.69, 9.17) is 0 Å². The van der Waals surface area contributed by atoms with E-state index in [1.54, 1.807) is 6.07 Å². The van der Waals surface area contributed by atoms with E-state index in [0.29, 0.717) is 35.6 Å². The summed E-state index contributed by atoms with van der Waals surface area (Å²) in [5.74, 6) is 1.77. The number of aromatic hydroxyl groups is 1. The lowest BCUT2D eigenvalue weighted by Gasteiger charge is -2.49. The molecular formula is C18H23NO3. The number of phenolic OH excluding ortho intramolecular Hbond substituents is 1. The summed E-state index contributed by atoms with van der Waals surface area (Å²) in [6, 6.07) is 5.78. The molecule has 2 fully saturated rings. The average molecular weight is 301 g/mol. The molecule has 3 aliphatic carbocycles. The summed E-state index contributed by atoms with van der Waals surface area (Å²) >= 11 is 0. The second-order valence-corrected chi connectivity index (χ2v) is 7.54. The molecule has 3 N–H and O–H groups in total. The molecule has 3 aliphatic rings. The minimum absolute atomic E-state index is 0.156. The highest BCUT2D eigenvalue weighted by Gasteiger charge is 2.57. The standard InChI is InChI=1S/C18H23NO3/c1-18-7-6-13-12-5-3-11(20)8-10(12)2-4-14(13)15(18)9-16(19-22)17(18)21/h3,5,8,13-15,17,20-22H,2,4,6-7,9H2,1H3/b19-16-/t13-,14-,15+,17+,18-/m0/s1. The second-order valence-electron chi connectivity index (χ2n) is 7.54. The smallest absolute Gasteiger partial charge is 0.115 e. The number of phenols is 1. The number of aliphatic hydroxyl groups is 1. The van der Waals surface area contributed by atoms with E-state index in [9.17, 15) is 15.4 Å². The molecule has 0 unspecified atom stereocenters. The maximum absolute atomic E-state index is 10.5. The van der Waals surface area contributed by atoms with Gasteiger partial charge in [-0.1, -0.05) is 18.1 Å². The van der Waals surface area contributed by atoms with Crippen molar-refractivity contribution in [1.82, 2.24) is 0 Å². The van der Waals surface area contributed by atoms with Gasteiger partial charge in [0, 0.05) is 5.41 Å². The Morgan fingerprint density at radius 3 is 2.86 bits per heavy atom. The predicted octanol–water partition coefficient (Wildman–Crippen LogP) is 3.05. The van der Waals surface area contributed by atoms with Crippen molar-refractivity contribution in [3.8, 4) is 5.75 Å². The van der Waals surface area contributed by atoms with Gasteiger partial charge in [0.25, 0.3) is 0 Å². The third-order valence-electron chi connectivity index (χ3n) is 6.65. The van der Waals surface area contributed by atoms with Gasteiger partial charge < -0.3 is 15.4 Å². The van der Waals surface area contributed by atoms with Crippen LogP contribution in [0.25, 0.3) is 0 Å². The fourth-order valence-corrected chi connectivity index (χ4v) is 5.45. The number of hydrogen-bond acceptors (Lipinski definition) is 4. The van der Waals surface area contributed by atoms with E-state index in [2.05, 4.69) is 18.1 Å². The van der Waals surface area contributed by atoms with Gasteiger partial charge in [0.2, 0.25) is 0 Å². The first-order valence-corrected chi connectivity index (χ1v) is 8.25. The SMILES string of the molecule is C[C@]12CC[C@H]3c4ccc(O)cc4CC[C@@H]3[C@H]1C/C(=N/O)[C@H]2O. The lowest BCUT2D eigenvalue weighted by atomic mass is 9.55. The van der Waals surface area contributed by atoms with Crippen molar-refractivity contribution >= 4 is 5.71 Å². The molecule has 4 heteroatoms. The van der Waals surface area contributed by atoms with Crippen LogP contribution >= 0.6 is 0 Å². The summed E-state index contributed by atoms with van der Waals surface area (Å²) in [6.07, 6.45) is 4.20. The Morgan fingerprint density at radius 1 is 1.27 bits per heavy atom. The van der Waals surface area contributed by atoms with Crippen molar-refractivity contribution in [2.24, 2.45) is 22.4 Å². The molecule has 0 heterocycles. The van der Waals surface area contributed by atoms with E-state index in [0.717, 1.165) is 25.7 Å². The van der Waals surface area contributed by atoms with Gasteiger partial charge in [-0.15, -0.1) is 0 Å². The number of hydrogen-bond donors (Lipinski definition) is 3. The molecule has 1 aromatic rings. The van der Waals surface area contributed by atoms with Crippen molar-refractivity contribution in [3.63, 3.8) is 0 Å². The molecule has 1 aromatic carbocycles. The second kappa shape index (κ2) is 4.72. The van der Waals surface area contributed by atoms with E-state index < -0.39 is 6.10 Å². The molecule has 0 saturated heterocycles. The Morgan fingerprint density at radius 2 is 2.09 bits per heavy atom. The van der Waals surface area contributed by atoms with E-state index in [1.807, 2.05) is 6.07 Å². The van der Waals surface area contributed by atoms with Gasteiger partial charge in [-0.25, -0.2) is 0 Å². The maximum Gasteiger partial charge on any atom is 0.115 e. The largest absolute Gasteiger partial charge is 0.508 e. The number of benzene rings is 1. The number of aliphatic hydroxyl groups excluding tert-OH is 1. The third kappa shape index (κ3) is 1.76. The molecule has 0 amide bonds. The Hall–Kier alpha value is -1.55. The van der Waals surface area contributed by atoms with Crippen molar-refractivity contribution in [2.45, 2.75) is 51.0 Å². The molecule has 0 spiro atoms. The number of aryl methyl sites for hydroxylation is 1. The number of nitrogens with zero attached hydrogens (tertiary/aromatic N) is 1. The van der Waals surface area contributed by atoms with Crippen LogP contribution in [-0.2, 0) is 6.42 Å². The zero-order chi connectivity index (χ0) is 15.5. The Kier molecular flexibility index (Phi) is 3.02. The first-order valence-electron chi connectivity index (χ1n) is 8.25. The summed E-state index contributed by atoms with van der Waals surface area (Å²) in [6.45, 7) is 2.16. The summed E-state index contributed by atoms with van der Waals surface area (Å²) in [5.41, 5.74) is 3.06. The highest BCUT2D eigenvalue weighted by Crippen LogP contribution is 2.60. The Bertz CT molecular complexity index is 641. The average Bonchev–Trinajstić information content (AvgIpc) is 2.78. The van der Waals surface area contributed by atoms with Gasteiger partial charge >= 0.3 is 0 Å². The molecule has 0 aliphatic heterocycles. The zero-order valence-electron chi connectivity index (χ0n) is 12.9. The summed E-state index contributed by atoms with van der Waals surface area (Å²) in [5, 5.41) is 32.8. The van der Waals surface area contributed by atoms with Crippen LogP contribution in [0.3, 0.4) is 0 Å². The molecule has 4 nitrogen and oxygen atoms in total. The third-order valence-corrected chi connectivity index (χ3v) is 6.65. The van der Waals surface area contributed by atoms with Crippen LogP contribution in [-0.4, -0.2) is 27.2 Å². The molecule has 22 heavy (non-hydrogen) atoms. The minimum atomic E-state index is -0.607. The summed E-state index contributed by atoms with van der Waals surface area (Å²) in [7, 11) is 0. The molecule has 4 rings (SSSR count). The van der Waals surface area contributed by atoms with Gasteiger partial charge in [-0.3, -0.25) is 0 Å². The molecule has 0 radical (unpaired) electrons. The fourth-order valence-electron chi connectivity index (χ4n) is 5.45. The molecule has 5 atom stereocenters. The fraction of sp³-hybridized carbons (Fsp3) is 0.611. The van der Waals surface area contributed by atoms with Gasteiger partial charge in [0.15, 0.2) is 0 Å². The molecule has 0 bridgehead atoms. The van der Waals surface area contributed by atoms with Gasteiger partial charge in [0.1, 0.15) is 11.9 Å². The highest BCUT2D eigenvalue weighted by atomic mass is 16.4. The minimum Gasteiger partial charge on any atom is -0.508 e. The number of fused-ring (bicyclic) bond motifs is 5. The predicted molar refractivity (Wildman–Crippen MR) is 83.3 cm³/mol. The van der Waals surface area contributed by atoms with Crippen LogP contribution < -0.4 is 0 Å². The van der Waals surface area contributed by atoms with E-state index in [1.165, 1.54) is 11.1 Å². The molecule has 118 valence electrons. The van der Waals surface area contributed by atoms with Crippen LogP contribution in [0, 0.1) is 17.3 Å². The van der Waals surface area contributed by atoms with Gasteiger partial charge in [-0.05, 0) is 73.1 Å².